The van der Waals surface area contributed by atoms with Crippen molar-refractivity contribution in [2.24, 2.45) is 5.92 Å². The molecule has 1 aromatic carbocycles. The first-order chi connectivity index (χ1) is 18.6. The number of likely N-dealkylation sites (tertiary alicyclic amines) is 1. The number of nitrogens with two attached hydrogens (primary N) is 1. The highest BCUT2D eigenvalue weighted by Crippen LogP contribution is 2.21. The number of pyridine rings is 1. The SMILES string of the molecule is CC.CC(C)Oc1ccc(C(=N)c2cc(NC=O)ccc2N)cn1.CCOC(=O)CN1CCC(C)C1.CSC. The number of hydrogen-bond acceptors (Lipinski definition) is 9. The number of amides is 1. The first-order valence-electron chi connectivity index (χ1n) is 13.2. The number of aromatic nitrogens is 1. The minimum Gasteiger partial charge on any atom is -0.475 e. The van der Waals surface area contributed by atoms with E-state index < -0.39 is 0 Å². The molecule has 0 saturated carbocycles. The summed E-state index contributed by atoms with van der Waals surface area (Å²) < 4.78 is 10.3. The number of carbonyl (C=O) groups is 2. The molecule has 9 nitrogen and oxygen atoms in total. The molecule has 1 aromatic heterocycles. The Labute approximate surface area is 238 Å². The van der Waals surface area contributed by atoms with Crippen LogP contribution in [0.5, 0.6) is 5.88 Å². The lowest BCUT2D eigenvalue weighted by atomic mass is 10.0. The van der Waals surface area contributed by atoms with Crippen LogP contribution in [0.1, 0.15) is 59.1 Å². The minimum atomic E-state index is -0.0911. The van der Waals surface area contributed by atoms with Crippen LogP contribution in [-0.4, -0.2) is 72.8 Å². The van der Waals surface area contributed by atoms with Crippen LogP contribution in [0.25, 0.3) is 0 Å². The summed E-state index contributed by atoms with van der Waals surface area (Å²) in [7, 11) is 0. The highest BCUT2D eigenvalue weighted by molar-refractivity contribution is 7.97. The number of ether oxygens (including phenoxy) is 2. The van der Waals surface area contributed by atoms with Gasteiger partial charge in [0.1, 0.15) is 0 Å². The number of nitrogen functional groups attached to an aromatic ring is 1. The minimum absolute atomic E-state index is 0.0412. The van der Waals surface area contributed by atoms with Gasteiger partial charge in [-0.05, 0) is 76.4 Å². The van der Waals surface area contributed by atoms with Crippen molar-refractivity contribution in [1.29, 1.82) is 5.41 Å². The second-order valence-corrected chi connectivity index (χ2v) is 9.65. The first kappa shape index (κ1) is 35.9. The van der Waals surface area contributed by atoms with E-state index in [9.17, 15) is 9.59 Å². The van der Waals surface area contributed by atoms with E-state index in [1.165, 1.54) is 6.42 Å². The molecule has 0 spiro atoms. The summed E-state index contributed by atoms with van der Waals surface area (Å²) >= 11 is 1.75. The number of anilines is 2. The van der Waals surface area contributed by atoms with Crippen LogP contribution in [0.4, 0.5) is 11.4 Å². The Morgan fingerprint density at radius 3 is 2.44 bits per heavy atom. The van der Waals surface area contributed by atoms with Crippen LogP contribution in [0.15, 0.2) is 36.5 Å². The molecule has 1 atom stereocenters. The Morgan fingerprint density at radius 2 is 1.95 bits per heavy atom. The van der Waals surface area contributed by atoms with Gasteiger partial charge in [-0.2, -0.15) is 11.8 Å². The molecule has 1 unspecified atom stereocenters. The first-order valence-corrected chi connectivity index (χ1v) is 14.9. The number of benzene rings is 1. The largest absolute Gasteiger partial charge is 0.475 e. The molecule has 0 bridgehead atoms. The van der Waals surface area contributed by atoms with Gasteiger partial charge in [0, 0.05) is 41.3 Å². The van der Waals surface area contributed by atoms with Gasteiger partial charge in [-0.15, -0.1) is 0 Å². The Balaban J connectivity index is 0.000000714. The smallest absolute Gasteiger partial charge is 0.320 e. The molecule has 0 radical (unpaired) electrons. The van der Waals surface area contributed by atoms with E-state index in [0.717, 1.165) is 19.0 Å². The van der Waals surface area contributed by atoms with E-state index in [-0.39, 0.29) is 17.8 Å². The molecule has 10 heteroatoms. The van der Waals surface area contributed by atoms with Crippen molar-refractivity contribution in [1.82, 2.24) is 9.88 Å². The van der Waals surface area contributed by atoms with Crippen molar-refractivity contribution in [3.63, 3.8) is 0 Å². The van der Waals surface area contributed by atoms with E-state index in [4.69, 9.17) is 20.6 Å². The maximum Gasteiger partial charge on any atom is 0.320 e. The third-order valence-electron chi connectivity index (χ3n) is 5.10. The molecule has 4 N–H and O–H groups in total. The molecule has 2 aromatic rings. The zero-order chi connectivity index (χ0) is 29.8. The van der Waals surface area contributed by atoms with E-state index >= 15 is 0 Å². The molecule has 218 valence electrons. The fourth-order valence-electron chi connectivity index (χ4n) is 3.48. The highest BCUT2D eigenvalue weighted by atomic mass is 32.2. The van der Waals surface area contributed by atoms with Crippen LogP contribution in [0.2, 0.25) is 0 Å². The Kier molecular flexibility index (Phi) is 19.1. The Hall–Kier alpha value is -3.11. The maximum absolute atomic E-state index is 11.0. The zero-order valence-electron chi connectivity index (χ0n) is 24.7. The number of thioether (sulfide) groups is 1. The average Bonchev–Trinajstić information content (AvgIpc) is 3.31. The lowest BCUT2D eigenvalue weighted by Crippen LogP contribution is -2.28. The molecule has 1 aliphatic rings. The van der Waals surface area contributed by atoms with Crippen molar-refractivity contribution >= 4 is 41.2 Å². The van der Waals surface area contributed by atoms with Gasteiger partial charge in [0.2, 0.25) is 12.3 Å². The number of hydrogen-bond donors (Lipinski definition) is 3. The molecule has 2 heterocycles. The molecular formula is C29H47N5O4S. The molecule has 1 amide bonds. The number of rotatable bonds is 9. The fraction of sp³-hybridized carbons (Fsp3) is 0.517. The standard InChI is InChI=1S/C16H18N4O2.C9H17NO2.C2H6S.C2H6/c1-10(2)22-15-6-3-11(8-19-15)16(18)13-7-12(20-9-21)4-5-14(13)17;1-3-12-9(11)7-10-5-4-8(2)6-10;1-3-2;1-2/h3-10,18H,17H2,1-2H3,(H,20,21);8H,3-7H2,1-2H3;1-2H3;1-2H3. The summed E-state index contributed by atoms with van der Waals surface area (Å²) in [6.45, 7) is 14.9. The van der Waals surface area contributed by atoms with Crippen LogP contribution >= 0.6 is 11.8 Å². The van der Waals surface area contributed by atoms with Crippen molar-refractivity contribution < 1.29 is 19.1 Å². The zero-order valence-corrected chi connectivity index (χ0v) is 25.6. The van der Waals surface area contributed by atoms with E-state index in [0.29, 0.717) is 47.9 Å². The van der Waals surface area contributed by atoms with Crippen LogP contribution in [0, 0.1) is 11.3 Å². The quantitative estimate of drug-likeness (QED) is 0.162. The number of nitrogens with zero attached hydrogens (tertiary/aromatic N) is 2. The normalized spacial score (nSPS) is 13.9. The van der Waals surface area contributed by atoms with Crippen molar-refractivity contribution in [3.05, 3.63) is 47.7 Å². The predicted molar refractivity (Wildman–Crippen MR) is 164 cm³/mol. The van der Waals surface area contributed by atoms with Crippen LogP contribution in [0.3, 0.4) is 0 Å². The lowest BCUT2D eigenvalue weighted by molar-refractivity contribution is -0.144. The van der Waals surface area contributed by atoms with E-state index in [1.54, 1.807) is 48.3 Å². The van der Waals surface area contributed by atoms with Gasteiger partial charge >= 0.3 is 5.97 Å². The van der Waals surface area contributed by atoms with Gasteiger partial charge < -0.3 is 20.5 Å². The summed E-state index contributed by atoms with van der Waals surface area (Å²) in [4.78, 5) is 27.9. The van der Waals surface area contributed by atoms with Gasteiger partial charge in [0.15, 0.2) is 0 Å². The molecule has 39 heavy (non-hydrogen) atoms. The molecular weight excluding hydrogens is 514 g/mol. The summed E-state index contributed by atoms with van der Waals surface area (Å²) in [5.74, 6) is 1.15. The van der Waals surface area contributed by atoms with Crippen LogP contribution in [-0.2, 0) is 14.3 Å². The van der Waals surface area contributed by atoms with Crippen molar-refractivity contribution in [3.8, 4) is 5.88 Å². The van der Waals surface area contributed by atoms with Crippen molar-refractivity contribution in [2.75, 3.05) is 49.8 Å². The van der Waals surface area contributed by atoms with E-state index in [2.05, 4.69) is 22.1 Å². The number of nitrogens with one attached hydrogen (secondary N) is 2. The molecule has 1 saturated heterocycles. The molecule has 1 fully saturated rings. The van der Waals surface area contributed by atoms with Gasteiger partial charge in [-0.3, -0.25) is 19.9 Å². The third-order valence-corrected chi connectivity index (χ3v) is 5.10. The summed E-state index contributed by atoms with van der Waals surface area (Å²) in [5.41, 5.74) is 8.34. The maximum atomic E-state index is 11.0. The summed E-state index contributed by atoms with van der Waals surface area (Å²) in [6.07, 6.45) is 7.48. The molecule has 0 aliphatic carbocycles. The third kappa shape index (κ3) is 14.6. The highest BCUT2D eigenvalue weighted by Gasteiger charge is 2.20. The lowest BCUT2D eigenvalue weighted by Gasteiger charge is -2.13. The number of carbonyl (C=O) groups excluding carboxylic acids is 2. The fourth-order valence-corrected chi connectivity index (χ4v) is 3.48. The Bertz CT molecular complexity index is 986. The van der Waals surface area contributed by atoms with Gasteiger partial charge in [0.25, 0.3) is 0 Å². The van der Waals surface area contributed by atoms with Gasteiger partial charge in [-0.25, -0.2) is 4.98 Å². The van der Waals surface area contributed by atoms with Gasteiger partial charge in [-0.1, -0.05) is 20.8 Å². The predicted octanol–water partition coefficient (Wildman–Crippen LogP) is 5.33. The monoisotopic (exact) mass is 561 g/mol. The average molecular weight is 562 g/mol. The van der Waals surface area contributed by atoms with Gasteiger partial charge in [0.05, 0.1) is 25.0 Å². The summed E-state index contributed by atoms with van der Waals surface area (Å²) in [6, 6.07) is 8.46. The molecule has 1 aliphatic heterocycles. The topological polar surface area (TPSA) is 131 Å². The second kappa shape index (κ2) is 20.8. The molecule has 3 rings (SSSR count). The van der Waals surface area contributed by atoms with E-state index in [1.807, 2.05) is 47.1 Å². The van der Waals surface area contributed by atoms with Crippen molar-refractivity contribution in [2.45, 2.75) is 54.1 Å². The Morgan fingerprint density at radius 1 is 1.28 bits per heavy atom. The summed E-state index contributed by atoms with van der Waals surface area (Å²) in [5, 5.41) is 10.8. The number of esters is 1. The second-order valence-electron chi connectivity index (χ2n) is 8.83. The van der Waals surface area contributed by atoms with Crippen LogP contribution < -0.4 is 15.8 Å².